The molecule has 0 saturated carbocycles. The van der Waals surface area contributed by atoms with E-state index in [1.165, 1.54) is 11.3 Å². The topological polar surface area (TPSA) is 60.0 Å². The molecule has 0 bridgehead atoms. The number of hydrogen-bond acceptors (Lipinski definition) is 4. The van der Waals surface area contributed by atoms with Crippen LogP contribution in [0, 0.1) is 10.9 Å². The normalized spacial score (nSPS) is 10.6. The SMILES string of the molecule is Cc1ccc(NC(=O)c2sc(=S)n(-c3ccc(Br)cc3)c2N)cc1. The lowest BCUT2D eigenvalue weighted by molar-refractivity contribution is 0.103. The number of benzene rings is 2. The van der Waals surface area contributed by atoms with E-state index in [1.54, 1.807) is 4.57 Å². The van der Waals surface area contributed by atoms with E-state index in [9.17, 15) is 4.79 Å². The van der Waals surface area contributed by atoms with Crippen LogP contribution in [0.25, 0.3) is 5.69 Å². The van der Waals surface area contributed by atoms with Gasteiger partial charge in [0.05, 0.1) is 0 Å². The quantitative estimate of drug-likeness (QED) is 0.575. The van der Waals surface area contributed by atoms with Gasteiger partial charge in [0.15, 0.2) is 3.95 Å². The number of amides is 1. The van der Waals surface area contributed by atoms with Crippen LogP contribution in [0.15, 0.2) is 53.0 Å². The van der Waals surface area contributed by atoms with Crippen molar-refractivity contribution in [3.05, 3.63) is 67.4 Å². The van der Waals surface area contributed by atoms with Gasteiger partial charge in [-0.2, -0.15) is 0 Å². The maximum atomic E-state index is 12.5. The Morgan fingerprint density at radius 2 is 1.79 bits per heavy atom. The number of nitrogen functional groups attached to an aromatic ring is 1. The predicted molar refractivity (Wildman–Crippen MR) is 106 cm³/mol. The first-order chi connectivity index (χ1) is 11.5. The van der Waals surface area contributed by atoms with Crippen LogP contribution in [0.4, 0.5) is 11.5 Å². The lowest BCUT2D eigenvalue weighted by Crippen LogP contribution is -2.13. The molecule has 24 heavy (non-hydrogen) atoms. The molecule has 0 aliphatic heterocycles. The summed E-state index contributed by atoms with van der Waals surface area (Å²) in [6, 6.07) is 15.2. The van der Waals surface area contributed by atoms with Crippen LogP contribution in [0.1, 0.15) is 15.2 Å². The van der Waals surface area contributed by atoms with Gasteiger partial charge in [-0.05, 0) is 55.5 Å². The number of nitrogens with one attached hydrogen (secondary N) is 1. The van der Waals surface area contributed by atoms with Gasteiger partial charge in [-0.3, -0.25) is 9.36 Å². The van der Waals surface area contributed by atoms with Gasteiger partial charge in [0.1, 0.15) is 10.7 Å². The third kappa shape index (κ3) is 3.43. The fraction of sp³-hybridized carbons (Fsp3) is 0.0588. The zero-order chi connectivity index (χ0) is 17.3. The summed E-state index contributed by atoms with van der Waals surface area (Å²) in [4.78, 5) is 12.9. The highest BCUT2D eigenvalue weighted by molar-refractivity contribution is 9.10. The summed E-state index contributed by atoms with van der Waals surface area (Å²) in [5.41, 5.74) is 8.86. The number of carbonyl (C=O) groups is 1. The molecule has 0 aliphatic rings. The molecule has 1 heterocycles. The molecule has 1 aromatic heterocycles. The largest absolute Gasteiger partial charge is 0.383 e. The van der Waals surface area contributed by atoms with Crippen LogP contribution < -0.4 is 11.1 Å². The lowest BCUT2D eigenvalue weighted by atomic mass is 10.2. The highest BCUT2D eigenvalue weighted by Crippen LogP contribution is 2.27. The summed E-state index contributed by atoms with van der Waals surface area (Å²) in [5, 5.41) is 2.85. The summed E-state index contributed by atoms with van der Waals surface area (Å²) in [6.07, 6.45) is 0. The van der Waals surface area contributed by atoms with Gasteiger partial charge in [0.2, 0.25) is 0 Å². The Morgan fingerprint density at radius 1 is 1.17 bits per heavy atom. The molecule has 0 atom stereocenters. The minimum absolute atomic E-state index is 0.261. The average molecular weight is 420 g/mol. The smallest absolute Gasteiger partial charge is 0.269 e. The van der Waals surface area contributed by atoms with Crippen molar-refractivity contribution < 1.29 is 4.79 Å². The molecule has 122 valence electrons. The average Bonchev–Trinajstić information content (AvgIpc) is 2.85. The third-order valence-electron chi connectivity index (χ3n) is 3.45. The summed E-state index contributed by atoms with van der Waals surface area (Å²) in [5.74, 6) is 0.0836. The Hall–Kier alpha value is -1.96. The minimum Gasteiger partial charge on any atom is -0.383 e. The number of nitrogens with two attached hydrogens (primary N) is 1. The maximum Gasteiger partial charge on any atom is 0.269 e. The number of thiazole rings is 1. The van der Waals surface area contributed by atoms with Gasteiger partial charge in [-0.1, -0.05) is 45.0 Å². The zero-order valence-corrected chi connectivity index (χ0v) is 16.0. The molecule has 0 aliphatic carbocycles. The number of aryl methyl sites for hydroxylation is 1. The van der Waals surface area contributed by atoms with Crippen molar-refractivity contribution >= 4 is 56.9 Å². The van der Waals surface area contributed by atoms with E-state index >= 15 is 0 Å². The van der Waals surface area contributed by atoms with Crippen LogP contribution >= 0.6 is 39.5 Å². The lowest BCUT2D eigenvalue weighted by Gasteiger charge is -2.07. The molecule has 3 aromatic rings. The van der Waals surface area contributed by atoms with Crippen molar-refractivity contribution in [2.24, 2.45) is 0 Å². The van der Waals surface area contributed by atoms with E-state index in [4.69, 9.17) is 18.0 Å². The second-order valence-electron chi connectivity index (χ2n) is 5.21. The van der Waals surface area contributed by atoms with Crippen LogP contribution in [0.5, 0.6) is 0 Å². The Kier molecular flexibility index (Phi) is 4.84. The van der Waals surface area contributed by atoms with Crippen LogP contribution in [-0.2, 0) is 0 Å². The Labute approximate surface area is 157 Å². The summed E-state index contributed by atoms with van der Waals surface area (Å²) in [7, 11) is 0. The fourth-order valence-electron chi connectivity index (χ4n) is 2.21. The van der Waals surface area contributed by atoms with Gasteiger partial charge in [0.25, 0.3) is 5.91 Å². The van der Waals surface area contributed by atoms with E-state index in [2.05, 4.69) is 21.2 Å². The van der Waals surface area contributed by atoms with Crippen LogP contribution in [-0.4, -0.2) is 10.5 Å². The second kappa shape index (κ2) is 6.88. The molecule has 1 amide bonds. The molecule has 2 aromatic carbocycles. The van der Waals surface area contributed by atoms with E-state index in [0.29, 0.717) is 14.6 Å². The molecule has 0 fully saturated rings. The van der Waals surface area contributed by atoms with Crippen LogP contribution in [0.2, 0.25) is 0 Å². The van der Waals surface area contributed by atoms with E-state index < -0.39 is 0 Å². The van der Waals surface area contributed by atoms with Gasteiger partial charge in [-0.25, -0.2) is 0 Å². The molecule has 4 nitrogen and oxygen atoms in total. The van der Waals surface area contributed by atoms with Crippen LogP contribution in [0.3, 0.4) is 0 Å². The number of rotatable bonds is 3. The maximum absolute atomic E-state index is 12.5. The van der Waals surface area contributed by atoms with Gasteiger partial charge in [-0.15, -0.1) is 0 Å². The molecule has 0 saturated heterocycles. The summed E-state index contributed by atoms with van der Waals surface area (Å²) in [6.45, 7) is 1.99. The molecule has 0 radical (unpaired) electrons. The van der Waals surface area contributed by atoms with Gasteiger partial charge in [0, 0.05) is 15.8 Å². The van der Waals surface area contributed by atoms with Gasteiger partial charge < -0.3 is 11.1 Å². The second-order valence-corrected chi connectivity index (χ2v) is 7.77. The molecular weight excluding hydrogens is 406 g/mol. The van der Waals surface area contributed by atoms with Gasteiger partial charge >= 0.3 is 0 Å². The number of carbonyl (C=O) groups excluding carboxylic acids is 1. The number of nitrogens with zero attached hydrogens (tertiary/aromatic N) is 1. The molecule has 3 N–H and O–H groups in total. The standard InChI is InChI=1S/C17H14BrN3OS2/c1-10-2-6-12(7-3-10)20-16(22)14-15(19)21(17(23)24-14)13-8-4-11(18)5-9-13/h2-9H,19H2,1H3,(H,20,22). The number of halogens is 1. The van der Waals surface area contributed by atoms with E-state index in [0.717, 1.165) is 21.4 Å². The van der Waals surface area contributed by atoms with Crippen molar-refractivity contribution in [1.82, 2.24) is 4.57 Å². The predicted octanol–water partition coefficient (Wildman–Crippen LogP) is 5.17. The highest BCUT2D eigenvalue weighted by atomic mass is 79.9. The van der Waals surface area contributed by atoms with E-state index in [1.807, 2.05) is 55.5 Å². The molecule has 3 rings (SSSR count). The molecule has 0 unspecified atom stereocenters. The third-order valence-corrected chi connectivity index (χ3v) is 5.36. The fourth-order valence-corrected chi connectivity index (χ4v) is 3.73. The van der Waals surface area contributed by atoms with Crippen molar-refractivity contribution in [1.29, 1.82) is 0 Å². The first kappa shape index (κ1) is 16.9. The minimum atomic E-state index is -0.261. The van der Waals surface area contributed by atoms with Crippen molar-refractivity contribution in [3.63, 3.8) is 0 Å². The highest BCUT2D eigenvalue weighted by Gasteiger charge is 2.18. The van der Waals surface area contributed by atoms with Crippen molar-refractivity contribution in [3.8, 4) is 5.69 Å². The Bertz CT molecular complexity index is 943. The number of aromatic nitrogens is 1. The molecule has 7 heteroatoms. The number of hydrogen-bond donors (Lipinski definition) is 2. The van der Waals surface area contributed by atoms with Crippen molar-refractivity contribution in [2.45, 2.75) is 6.92 Å². The molecule has 0 spiro atoms. The summed E-state index contributed by atoms with van der Waals surface area (Å²) < 4.78 is 3.20. The first-order valence-electron chi connectivity index (χ1n) is 7.11. The van der Waals surface area contributed by atoms with E-state index in [-0.39, 0.29) is 5.91 Å². The first-order valence-corrected chi connectivity index (χ1v) is 9.13. The Morgan fingerprint density at radius 3 is 2.42 bits per heavy atom. The summed E-state index contributed by atoms with van der Waals surface area (Å²) >= 11 is 9.98. The zero-order valence-electron chi connectivity index (χ0n) is 12.7. The monoisotopic (exact) mass is 419 g/mol. The van der Waals surface area contributed by atoms with Crippen molar-refractivity contribution in [2.75, 3.05) is 11.1 Å². The Balaban J connectivity index is 1.93. The molecular formula is C17H14BrN3OS2. The number of anilines is 2.